The van der Waals surface area contributed by atoms with Crippen molar-refractivity contribution in [3.63, 3.8) is 0 Å². The van der Waals surface area contributed by atoms with Gasteiger partial charge in [-0.15, -0.1) is 0 Å². The molecule has 0 saturated heterocycles. The second kappa shape index (κ2) is 2.73. The molecule has 0 fully saturated rings. The van der Waals surface area contributed by atoms with Crippen LogP contribution in [0.4, 0.5) is 5.82 Å². The van der Waals surface area contributed by atoms with Crippen LogP contribution in [-0.4, -0.2) is 22.5 Å². The molecule has 0 aromatic carbocycles. The second-order valence-corrected chi connectivity index (χ2v) is 4.44. The summed E-state index contributed by atoms with van der Waals surface area (Å²) in [4.78, 5) is 11.7. The van der Waals surface area contributed by atoms with E-state index in [2.05, 4.69) is 41.0 Å². The zero-order valence-corrected chi connectivity index (χ0v) is 8.68. The number of aromatic nitrogens is 2. The lowest BCUT2D eigenvalue weighted by atomic mass is 9.96. The molecule has 0 aliphatic carbocycles. The molecule has 0 radical (unpaired) electrons. The van der Waals surface area contributed by atoms with E-state index in [0.717, 1.165) is 17.3 Å². The number of rotatable bonds is 0. The van der Waals surface area contributed by atoms with Gasteiger partial charge in [0.05, 0.1) is 0 Å². The number of imidazole rings is 1. The van der Waals surface area contributed by atoms with Crippen LogP contribution in [0.25, 0.3) is 0 Å². The molecule has 1 aliphatic rings. The maximum absolute atomic E-state index is 5.74. The summed E-state index contributed by atoms with van der Waals surface area (Å²) in [5, 5.41) is 3.08. The Hall–Kier alpha value is -1.52. The standard InChI is InChI=1S/C9H15N5/c1-9(2,3)8-13-5-6(10)11-4-12-7(5)14-8/h12H,4H2,1-3H3,(H2,10,11)(H,13,14). The molecule has 1 aromatic heterocycles. The van der Waals surface area contributed by atoms with Gasteiger partial charge in [0, 0.05) is 5.41 Å². The maximum Gasteiger partial charge on any atom is 0.157 e. The minimum absolute atomic E-state index is 0.000694. The van der Waals surface area contributed by atoms with Crippen LogP contribution in [0.15, 0.2) is 4.99 Å². The molecule has 0 atom stereocenters. The number of hydrogen-bond acceptors (Lipinski definition) is 4. The molecule has 14 heavy (non-hydrogen) atoms. The Morgan fingerprint density at radius 2 is 2.07 bits per heavy atom. The summed E-state index contributed by atoms with van der Waals surface area (Å²) in [6.45, 7) is 6.81. The van der Waals surface area contributed by atoms with Crippen molar-refractivity contribution in [2.24, 2.45) is 10.7 Å². The number of hydrogen-bond donors (Lipinski definition) is 3. The number of fused-ring (bicyclic) bond motifs is 1. The lowest BCUT2D eigenvalue weighted by Crippen LogP contribution is -2.22. The molecule has 0 amide bonds. The lowest BCUT2D eigenvalue weighted by molar-refractivity contribution is 0.552. The van der Waals surface area contributed by atoms with Crippen LogP contribution in [0.3, 0.4) is 0 Å². The third-order valence-corrected chi connectivity index (χ3v) is 2.17. The number of nitrogens with two attached hydrogens (primary N) is 1. The second-order valence-electron chi connectivity index (χ2n) is 4.44. The summed E-state index contributed by atoms with van der Waals surface area (Å²) in [6.07, 6.45) is 0. The van der Waals surface area contributed by atoms with Crippen LogP contribution in [0.2, 0.25) is 0 Å². The van der Waals surface area contributed by atoms with Crippen LogP contribution in [0.1, 0.15) is 32.3 Å². The van der Waals surface area contributed by atoms with E-state index in [1.165, 1.54) is 0 Å². The van der Waals surface area contributed by atoms with Gasteiger partial charge in [-0.3, -0.25) is 0 Å². The largest absolute Gasteiger partial charge is 0.382 e. The van der Waals surface area contributed by atoms with Gasteiger partial charge in [0.1, 0.15) is 24.0 Å². The topological polar surface area (TPSA) is 79.1 Å². The summed E-state index contributed by atoms with van der Waals surface area (Å²) < 4.78 is 0. The van der Waals surface area contributed by atoms with E-state index in [1.807, 2.05) is 0 Å². The first kappa shape index (κ1) is 9.05. The molecule has 0 unspecified atom stereocenters. The average molecular weight is 193 g/mol. The SMILES string of the molecule is CC(C)(C)c1nc2c([nH]1)C(N)=NCN2. The van der Waals surface area contributed by atoms with Crippen LogP contribution in [0.5, 0.6) is 0 Å². The molecular weight excluding hydrogens is 178 g/mol. The zero-order chi connectivity index (χ0) is 10.3. The van der Waals surface area contributed by atoms with Crippen LogP contribution in [-0.2, 0) is 5.41 Å². The van der Waals surface area contributed by atoms with Crippen molar-refractivity contribution < 1.29 is 0 Å². The first-order valence-electron chi connectivity index (χ1n) is 4.63. The first-order chi connectivity index (χ1) is 6.48. The molecule has 5 heteroatoms. The van der Waals surface area contributed by atoms with Crippen LogP contribution in [0, 0.1) is 0 Å². The van der Waals surface area contributed by atoms with Gasteiger partial charge in [-0.2, -0.15) is 0 Å². The summed E-state index contributed by atoms with van der Waals surface area (Å²) in [6, 6.07) is 0. The number of nitrogens with one attached hydrogen (secondary N) is 2. The van der Waals surface area contributed by atoms with Crippen molar-refractivity contribution in [1.29, 1.82) is 0 Å². The monoisotopic (exact) mass is 193 g/mol. The normalized spacial score (nSPS) is 15.8. The van der Waals surface area contributed by atoms with Gasteiger partial charge in [-0.1, -0.05) is 20.8 Å². The van der Waals surface area contributed by atoms with Gasteiger partial charge in [0.2, 0.25) is 0 Å². The van der Waals surface area contributed by atoms with E-state index in [1.54, 1.807) is 0 Å². The molecule has 0 spiro atoms. The van der Waals surface area contributed by atoms with E-state index in [0.29, 0.717) is 12.5 Å². The quantitative estimate of drug-likeness (QED) is 0.570. The van der Waals surface area contributed by atoms with Gasteiger partial charge in [-0.05, 0) is 0 Å². The van der Waals surface area contributed by atoms with Crippen molar-refractivity contribution >= 4 is 11.7 Å². The predicted octanol–water partition coefficient (Wildman–Crippen LogP) is 0.796. The highest BCUT2D eigenvalue weighted by molar-refractivity contribution is 6.01. The minimum Gasteiger partial charge on any atom is -0.382 e. The summed E-state index contributed by atoms with van der Waals surface area (Å²) in [5.74, 6) is 2.26. The third-order valence-electron chi connectivity index (χ3n) is 2.17. The van der Waals surface area contributed by atoms with Crippen LogP contribution < -0.4 is 11.1 Å². The summed E-state index contributed by atoms with van der Waals surface area (Å²) >= 11 is 0. The number of nitrogens with zero attached hydrogens (tertiary/aromatic N) is 2. The maximum atomic E-state index is 5.74. The van der Waals surface area contributed by atoms with Crippen molar-refractivity contribution in [3.05, 3.63) is 11.5 Å². The highest BCUT2D eigenvalue weighted by Gasteiger charge is 2.23. The van der Waals surface area contributed by atoms with Crippen molar-refractivity contribution in [3.8, 4) is 0 Å². The zero-order valence-electron chi connectivity index (χ0n) is 8.68. The molecule has 0 bridgehead atoms. The summed E-state index contributed by atoms with van der Waals surface area (Å²) in [5.41, 5.74) is 6.55. The fourth-order valence-corrected chi connectivity index (χ4v) is 1.32. The van der Waals surface area contributed by atoms with E-state index in [-0.39, 0.29) is 5.41 Å². The van der Waals surface area contributed by atoms with E-state index in [9.17, 15) is 0 Å². The Morgan fingerprint density at radius 3 is 2.64 bits per heavy atom. The fourth-order valence-electron chi connectivity index (χ4n) is 1.32. The molecule has 76 valence electrons. The Labute approximate surface area is 82.8 Å². The highest BCUT2D eigenvalue weighted by atomic mass is 15.2. The number of anilines is 1. The third kappa shape index (κ3) is 1.34. The predicted molar refractivity (Wildman–Crippen MR) is 56.5 cm³/mol. The fraction of sp³-hybridized carbons (Fsp3) is 0.556. The Bertz CT molecular complexity index is 382. The molecule has 2 heterocycles. The summed E-state index contributed by atoms with van der Waals surface area (Å²) in [7, 11) is 0. The number of aliphatic imine (C=N–C) groups is 1. The van der Waals surface area contributed by atoms with Gasteiger partial charge in [-0.25, -0.2) is 9.98 Å². The van der Waals surface area contributed by atoms with Gasteiger partial charge in [0.25, 0.3) is 0 Å². The average Bonchev–Trinajstić information content (AvgIpc) is 2.48. The number of aromatic amines is 1. The van der Waals surface area contributed by atoms with Crippen LogP contribution >= 0.6 is 0 Å². The Kier molecular flexibility index (Phi) is 1.77. The van der Waals surface area contributed by atoms with E-state index in [4.69, 9.17) is 5.73 Å². The van der Waals surface area contributed by atoms with Gasteiger partial charge < -0.3 is 16.0 Å². The molecular formula is C9H15N5. The molecule has 2 rings (SSSR count). The first-order valence-corrected chi connectivity index (χ1v) is 4.63. The molecule has 4 N–H and O–H groups in total. The number of amidine groups is 1. The van der Waals surface area contributed by atoms with Crippen molar-refractivity contribution in [2.45, 2.75) is 26.2 Å². The van der Waals surface area contributed by atoms with Gasteiger partial charge in [0.15, 0.2) is 5.82 Å². The Morgan fingerprint density at radius 1 is 1.36 bits per heavy atom. The van der Waals surface area contributed by atoms with Crippen molar-refractivity contribution in [1.82, 2.24) is 9.97 Å². The van der Waals surface area contributed by atoms with Gasteiger partial charge >= 0.3 is 0 Å². The molecule has 1 aliphatic heterocycles. The highest BCUT2D eigenvalue weighted by Crippen LogP contribution is 2.24. The Balaban J connectivity index is 2.47. The van der Waals surface area contributed by atoms with E-state index >= 15 is 0 Å². The van der Waals surface area contributed by atoms with Crippen molar-refractivity contribution in [2.75, 3.05) is 12.0 Å². The molecule has 0 saturated carbocycles. The van der Waals surface area contributed by atoms with E-state index < -0.39 is 0 Å². The smallest absolute Gasteiger partial charge is 0.157 e. The molecule has 1 aromatic rings. The minimum atomic E-state index is -0.000694. The number of H-pyrrole nitrogens is 1. The lowest BCUT2D eigenvalue weighted by Gasteiger charge is -2.13. The molecule has 5 nitrogen and oxygen atoms in total.